The van der Waals surface area contributed by atoms with Gasteiger partial charge >= 0.3 is 5.69 Å². The molecule has 7 amide bonds. The van der Waals surface area contributed by atoms with Gasteiger partial charge in [-0.25, -0.2) is 0 Å². The highest BCUT2D eigenvalue weighted by Gasteiger charge is 2.31. The van der Waals surface area contributed by atoms with E-state index in [1.807, 2.05) is 0 Å². The van der Waals surface area contributed by atoms with E-state index in [1.54, 1.807) is 58.0 Å². The predicted molar refractivity (Wildman–Crippen MR) is 195 cm³/mol. The molecule has 0 aliphatic rings. The van der Waals surface area contributed by atoms with Gasteiger partial charge in [-0.1, -0.05) is 64.1 Å². The van der Waals surface area contributed by atoms with E-state index in [2.05, 4.69) is 31.9 Å². The van der Waals surface area contributed by atoms with Gasteiger partial charge in [-0.15, -0.1) is 0 Å². The highest BCUT2D eigenvalue weighted by molar-refractivity contribution is 5.96. The van der Waals surface area contributed by atoms with Crippen LogP contribution in [-0.2, 0) is 46.4 Å². The third-order valence-electron chi connectivity index (χ3n) is 8.07. The van der Waals surface area contributed by atoms with Crippen molar-refractivity contribution in [2.75, 3.05) is 13.1 Å². The van der Waals surface area contributed by atoms with Crippen LogP contribution >= 0.6 is 0 Å². The smallest absolute Gasteiger partial charge is 0.310 e. The lowest BCUT2D eigenvalue weighted by molar-refractivity contribution is -0.385. The number of aromatic hydroxyl groups is 1. The second kappa shape index (κ2) is 20.8. The average molecular weight is 756 g/mol. The topological polar surface area (TPSA) is 307 Å². The SMILES string of the molecule is CC(C)[C@H](NC(=O)CNC(=O)[C@H](Cc1ccccc1)NC(=O)[C@@H](C)NC(=O)[C@@H](N)Cc1ccc(O)c([N+](=O)[O-])c1)C(=O)N[C@H](C(=O)NCC(N)=O)C(C)C. The van der Waals surface area contributed by atoms with E-state index in [-0.39, 0.29) is 18.8 Å². The van der Waals surface area contributed by atoms with Gasteiger partial charge in [0.1, 0.15) is 24.2 Å². The summed E-state index contributed by atoms with van der Waals surface area (Å²) >= 11 is 0. The maximum atomic E-state index is 13.4. The molecule has 294 valence electrons. The molecule has 0 fully saturated rings. The molecule has 0 aliphatic carbocycles. The third kappa shape index (κ3) is 14.1. The molecular weight excluding hydrogens is 706 g/mol. The Morgan fingerprint density at radius 1 is 0.704 bits per heavy atom. The first-order chi connectivity index (χ1) is 25.3. The first-order valence-electron chi connectivity index (χ1n) is 17.1. The molecule has 0 spiro atoms. The molecule has 0 radical (unpaired) electrons. The zero-order chi connectivity index (χ0) is 40.7. The van der Waals surface area contributed by atoms with Gasteiger partial charge in [0.15, 0.2) is 5.75 Å². The molecule has 19 heteroatoms. The monoisotopic (exact) mass is 755 g/mol. The van der Waals surface area contributed by atoms with Gasteiger partial charge in [0, 0.05) is 12.5 Å². The number of nitrogens with two attached hydrogens (primary N) is 2. The Morgan fingerprint density at radius 3 is 1.87 bits per heavy atom. The summed E-state index contributed by atoms with van der Waals surface area (Å²) in [5.74, 6) is -6.46. The van der Waals surface area contributed by atoms with Crippen LogP contribution < -0.4 is 43.4 Å². The van der Waals surface area contributed by atoms with Crippen molar-refractivity contribution in [3.05, 3.63) is 69.8 Å². The van der Waals surface area contributed by atoms with E-state index < -0.39 is 107 Å². The van der Waals surface area contributed by atoms with Gasteiger partial charge in [-0.2, -0.15) is 0 Å². The van der Waals surface area contributed by atoms with Crippen LogP contribution in [0.15, 0.2) is 48.5 Å². The lowest BCUT2D eigenvalue weighted by Crippen LogP contribution is -2.58. The number of rotatable bonds is 20. The summed E-state index contributed by atoms with van der Waals surface area (Å²) in [6, 6.07) is 6.46. The Morgan fingerprint density at radius 2 is 1.30 bits per heavy atom. The molecule has 54 heavy (non-hydrogen) atoms. The second-order valence-electron chi connectivity index (χ2n) is 13.3. The lowest BCUT2D eigenvalue weighted by Gasteiger charge is -2.27. The van der Waals surface area contributed by atoms with Crippen molar-refractivity contribution in [3.63, 3.8) is 0 Å². The number of amides is 7. The molecular formula is C35H49N9O10. The van der Waals surface area contributed by atoms with Crippen LogP contribution in [0.3, 0.4) is 0 Å². The van der Waals surface area contributed by atoms with Crippen LogP contribution in [0.4, 0.5) is 5.69 Å². The number of carbonyl (C=O) groups excluding carboxylic acids is 7. The summed E-state index contributed by atoms with van der Waals surface area (Å²) in [5, 5.41) is 35.8. The molecule has 0 aromatic heterocycles. The van der Waals surface area contributed by atoms with Crippen molar-refractivity contribution < 1.29 is 43.6 Å². The van der Waals surface area contributed by atoms with E-state index in [0.717, 1.165) is 12.1 Å². The van der Waals surface area contributed by atoms with Gasteiger partial charge in [-0.05, 0) is 42.4 Å². The number of nitrogens with one attached hydrogen (secondary N) is 6. The molecule has 11 N–H and O–H groups in total. The number of nitrogens with zero attached hydrogens (tertiary/aromatic N) is 1. The molecule has 0 aliphatic heterocycles. The van der Waals surface area contributed by atoms with Crippen LogP contribution in [-0.4, -0.2) is 94.7 Å². The molecule has 2 aromatic carbocycles. The van der Waals surface area contributed by atoms with Crippen LogP contribution in [0.5, 0.6) is 5.75 Å². The second-order valence-corrected chi connectivity index (χ2v) is 13.3. The number of phenolic OH excluding ortho intramolecular Hbond substituents is 1. The van der Waals surface area contributed by atoms with Gasteiger partial charge in [-0.3, -0.25) is 43.7 Å². The van der Waals surface area contributed by atoms with Crippen molar-refractivity contribution in [2.24, 2.45) is 23.3 Å². The van der Waals surface area contributed by atoms with Gasteiger partial charge in [0.05, 0.1) is 24.1 Å². The van der Waals surface area contributed by atoms with E-state index in [0.29, 0.717) is 11.1 Å². The van der Waals surface area contributed by atoms with Crippen LogP contribution in [0.2, 0.25) is 0 Å². The van der Waals surface area contributed by atoms with Gasteiger partial charge in [0.2, 0.25) is 41.4 Å². The molecule has 5 atom stereocenters. The molecule has 0 saturated carbocycles. The molecule has 2 rings (SSSR count). The van der Waals surface area contributed by atoms with Crippen molar-refractivity contribution in [3.8, 4) is 5.75 Å². The summed E-state index contributed by atoms with van der Waals surface area (Å²) in [7, 11) is 0. The van der Waals surface area contributed by atoms with Crippen LogP contribution in [0.25, 0.3) is 0 Å². The third-order valence-corrected chi connectivity index (χ3v) is 8.07. The quantitative estimate of drug-likeness (QED) is 0.0548. The van der Waals surface area contributed by atoms with Crippen molar-refractivity contribution in [2.45, 2.75) is 77.7 Å². The van der Waals surface area contributed by atoms with E-state index in [1.165, 1.54) is 13.0 Å². The fourth-order valence-electron chi connectivity index (χ4n) is 5.04. The summed E-state index contributed by atoms with van der Waals surface area (Å²) in [6.07, 6.45) is -0.141. The number of benzene rings is 2. The highest BCUT2D eigenvalue weighted by Crippen LogP contribution is 2.26. The zero-order valence-corrected chi connectivity index (χ0v) is 30.7. The standard InChI is InChI=1S/C35H49N9O10/c1-18(2)29(34(51)38-16-27(37)46)43-35(52)30(19(3)4)42-28(47)17-39-33(50)24(14-21-9-7-6-8-10-21)41-31(48)20(5)40-32(49)23(36)13-22-11-12-26(45)25(15-22)44(53)54/h6-12,15,18-20,23-24,29-30,45H,13-14,16-17,36H2,1-5H3,(H2,37,46)(H,38,51)(H,39,50)(H,40,49)(H,41,48)(H,42,47)(H,43,52)/t20-,23+,24+,29+,30+/m1/s1. The summed E-state index contributed by atoms with van der Waals surface area (Å²) in [4.78, 5) is 99.5. The molecule has 2 aromatic rings. The molecule has 0 saturated heterocycles. The fourth-order valence-corrected chi connectivity index (χ4v) is 5.04. The van der Waals surface area contributed by atoms with Gasteiger partial charge in [0.25, 0.3) is 0 Å². The van der Waals surface area contributed by atoms with Crippen LogP contribution in [0.1, 0.15) is 45.7 Å². The van der Waals surface area contributed by atoms with Crippen molar-refractivity contribution >= 4 is 47.0 Å². The van der Waals surface area contributed by atoms with Crippen molar-refractivity contribution in [1.29, 1.82) is 0 Å². The Kier molecular flexibility index (Phi) is 17.0. The molecule has 0 heterocycles. The molecule has 0 unspecified atom stereocenters. The number of phenols is 1. The average Bonchev–Trinajstić information content (AvgIpc) is 3.10. The minimum atomic E-state index is -1.22. The maximum absolute atomic E-state index is 13.4. The lowest BCUT2D eigenvalue weighted by atomic mass is 9.99. The van der Waals surface area contributed by atoms with E-state index in [4.69, 9.17) is 11.5 Å². The van der Waals surface area contributed by atoms with E-state index in [9.17, 15) is 48.8 Å². The van der Waals surface area contributed by atoms with Crippen LogP contribution in [0, 0.1) is 22.0 Å². The minimum absolute atomic E-state index is 0.00524. The predicted octanol–water partition coefficient (Wildman–Crippen LogP) is -1.60. The number of hydrogen-bond donors (Lipinski definition) is 9. The normalized spacial score (nSPS) is 13.7. The summed E-state index contributed by atoms with van der Waals surface area (Å²) in [6.45, 7) is 7.04. The number of nitro benzene ring substituents is 1. The summed E-state index contributed by atoms with van der Waals surface area (Å²) in [5.41, 5.74) is 11.5. The van der Waals surface area contributed by atoms with Crippen molar-refractivity contribution in [1.82, 2.24) is 31.9 Å². The molecule has 19 nitrogen and oxygen atoms in total. The fraction of sp³-hybridized carbons (Fsp3) is 0.457. The Hall–Kier alpha value is -6.11. The highest BCUT2D eigenvalue weighted by atomic mass is 16.6. The first kappa shape index (κ1) is 44.1. The number of hydrogen-bond acceptors (Lipinski definition) is 11. The first-order valence-corrected chi connectivity index (χ1v) is 17.1. The maximum Gasteiger partial charge on any atom is 0.310 e. The molecule has 0 bridgehead atoms. The Balaban J connectivity index is 2.07. The summed E-state index contributed by atoms with van der Waals surface area (Å²) < 4.78 is 0. The minimum Gasteiger partial charge on any atom is -0.502 e. The number of nitro groups is 1. The zero-order valence-electron chi connectivity index (χ0n) is 30.7. The Bertz CT molecular complexity index is 1690. The Labute approximate surface area is 311 Å². The largest absolute Gasteiger partial charge is 0.502 e. The van der Waals surface area contributed by atoms with E-state index >= 15 is 0 Å². The number of carbonyl (C=O) groups is 7. The number of primary amides is 1. The van der Waals surface area contributed by atoms with Gasteiger partial charge < -0.3 is 48.5 Å².